The van der Waals surface area contributed by atoms with Crippen LogP contribution < -0.4 is 10.5 Å². The summed E-state index contributed by atoms with van der Waals surface area (Å²) in [5, 5.41) is 1.75. The average molecular weight is 290 g/mol. The summed E-state index contributed by atoms with van der Waals surface area (Å²) in [6.07, 6.45) is 0.900. The molecule has 0 saturated carbocycles. The number of thiophene rings is 1. The fourth-order valence-corrected chi connectivity index (χ4v) is 4.72. The molecular weight excluding hydrogens is 272 g/mol. The van der Waals surface area contributed by atoms with E-state index in [-0.39, 0.29) is 18.5 Å². The Kier molecular flexibility index (Phi) is 4.39. The molecule has 1 aliphatic rings. The van der Waals surface area contributed by atoms with Crippen LogP contribution in [0.2, 0.25) is 0 Å². The fraction of sp³-hybridized carbons (Fsp3) is 0.636. The summed E-state index contributed by atoms with van der Waals surface area (Å²) in [6, 6.07) is 1.48. The Balaban J connectivity index is 2.11. The summed E-state index contributed by atoms with van der Waals surface area (Å²) in [5.41, 5.74) is 5.54. The van der Waals surface area contributed by atoms with Crippen molar-refractivity contribution in [3.05, 3.63) is 16.3 Å². The monoisotopic (exact) mass is 290 g/mol. The van der Waals surface area contributed by atoms with Gasteiger partial charge in [-0.3, -0.25) is 0 Å². The molecule has 2 rings (SSSR count). The number of ether oxygens (including phenoxy) is 1. The van der Waals surface area contributed by atoms with Gasteiger partial charge in [0.15, 0.2) is 0 Å². The van der Waals surface area contributed by atoms with Gasteiger partial charge in [0.2, 0.25) is 10.0 Å². The molecule has 2 unspecified atom stereocenters. The highest BCUT2D eigenvalue weighted by atomic mass is 32.2. The molecule has 0 radical (unpaired) electrons. The maximum atomic E-state index is 12.2. The largest absolute Gasteiger partial charge is 0.381 e. The van der Waals surface area contributed by atoms with Crippen LogP contribution in [0.3, 0.4) is 0 Å². The van der Waals surface area contributed by atoms with Crippen molar-refractivity contribution in [1.29, 1.82) is 0 Å². The molecular formula is C11H18N2O3S2. The minimum Gasteiger partial charge on any atom is -0.381 e. The van der Waals surface area contributed by atoms with Gasteiger partial charge in [-0.1, -0.05) is 0 Å². The van der Waals surface area contributed by atoms with Gasteiger partial charge in [-0.15, -0.1) is 11.3 Å². The van der Waals surface area contributed by atoms with E-state index in [0.29, 0.717) is 23.0 Å². The standard InChI is InChI=1S/C11H18N2O3S2/c1-8(9-2-4-16-7-9)13-18(14,15)11-3-5-17-10(11)6-12/h3,5,8-9,13H,2,4,6-7,12H2,1H3. The second kappa shape index (κ2) is 5.66. The zero-order valence-electron chi connectivity index (χ0n) is 10.3. The lowest BCUT2D eigenvalue weighted by molar-refractivity contribution is 0.180. The van der Waals surface area contributed by atoms with E-state index >= 15 is 0 Å². The van der Waals surface area contributed by atoms with Gasteiger partial charge in [0, 0.05) is 30.0 Å². The molecule has 1 saturated heterocycles. The van der Waals surface area contributed by atoms with Gasteiger partial charge < -0.3 is 10.5 Å². The third-order valence-electron chi connectivity index (χ3n) is 3.19. The molecule has 0 aliphatic carbocycles. The molecule has 2 atom stereocenters. The van der Waals surface area contributed by atoms with E-state index in [9.17, 15) is 8.42 Å². The fourth-order valence-electron chi connectivity index (χ4n) is 2.07. The molecule has 5 nitrogen and oxygen atoms in total. The second-order valence-electron chi connectivity index (χ2n) is 4.45. The normalized spacial score (nSPS) is 22.2. The van der Waals surface area contributed by atoms with E-state index in [1.165, 1.54) is 11.3 Å². The van der Waals surface area contributed by atoms with Crippen LogP contribution in [0.4, 0.5) is 0 Å². The van der Waals surface area contributed by atoms with Crippen molar-refractivity contribution in [2.24, 2.45) is 11.7 Å². The highest BCUT2D eigenvalue weighted by molar-refractivity contribution is 7.89. The zero-order valence-corrected chi connectivity index (χ0v) is 11.9. The Morgan fingerprint density at radius 3 is 3.06 bits per heavy atom. The van der Waals surface area contributed by atoms with Gasteiger partial charge in [-0.05, 0) is 24.8 Å². The Morgan fingerprint density at radius 1 is 1.67 bits per heavy atom. The molecule has 0 bridgehead atoms. The first-order valence-corrected chi connectivity index (χ1v) is 8.27. The predicted molar refractivity (Wildman–Crippen MR) is 70.9 cm³/mol. The van der Waals surface area contributed by atoms with E-state index in [1.807, 2.05) is 6.92 Å². The summed E-state index contributed by atoms with van der Waals surface area (Å²) < 4.78 is 32.5. The topological polar surface area (TPSA) is 81.4 Å². The number of rotatable bonds is 5. The number of hydrogen-bond donors (Lipinski definition) is 2. The second-order valence-corrected chi connectivity index (χ2v) is 7.13. The first kappa shape index (κ1) is 14.0. The van der Waals surface area contributed by atoms with Crippen LogP contribution in [0.1, 0.15) is 18.2 Å². The number of nitrogens with two attached hydrogens (primary N) is 1. The summed E-state index contributed by atoms with van der Waals surface area (Å²) in [4.78, 5) is 0.998. The molecule has 2 heterocycles. The molecule has 18 heavy (non-hydrogen) atoms. The van der Waals surface area contributed by atoms with E-state index in [2.05, 4.69) is 4.72 Å². The van der Waals surface area contributed by atoms with Crippen molar-refractivity contribution in [2.75, 3.05) is 13.2 Å². The van der Waals surface area contributed by atoms with E-state index in [4.69, 9.17) is 10.5 Å². The molecule has 1 aromatic heterocycles. The smallest absolute Gasteiger partial charge is 0.241 e. The minimum atomic E-state index is -3.47. The Labute approximate surface area is 111 Å². The molecule has 0 aromatic carbocycles. The SMILES string of the molecule is CC(NS(=O)(=O)c1ccsc1CN)C1CCOC1. The maximum absolute atomic E-state index is 12.2. The first-order chi connectivity index (χ1) is 8.54. The van der Waals surface area contributed by atoms with Crippen molar-refractivity contribution >= 4 is 21.4 Å². The van der Waals surface area contributed by atoms with E-state index < -0.39 is 10.0 Å². The van der Waals surface area contributed by atoms with Crippen LogP contribution in [-0.2, 0) is 21.3 Å². The average Bonchev–Trinajstić information content (AvgIpc) is 2.99. The van der Waals surface area contributed by atoms with Crippen LogP contribution in [0.25, 0.3) is 0 Å². The highest BCUT2D eigenvalue weighted by Crippen LogP contribution is 2.23. The van der Waals surface area contributed by atoms with Crippen molar-refractivity contribution in [3.63, 3.8) is 0 Å². The lowest BCUT2D eigenvalue weighted by Gasteiger charge is -2.19. The zero-order chi connectivity index (χ0) is 13.2. The number of nitrogens with one attached hydrogen (secondary N) is 1. The van der Waals surface area contributed by atoms with Crippen molar-refractivity contribution in [1.82, 2.24) is 4.72 Å². The molecule has 3 N–H and O–H groups in total. The van der Waals surface area contributed by atoms with Gasteiger partial charge in [0.1, 0.15) is 0 Å². The van der Waals surface area contributed by atoms with Gasteiger partial charge in [0.05, 0.1) is 11.5 Å². The maximum Gasteiger partial charge on any atom is 0.241 e. The van der Waals surface area contributed by atoms with Gasteiger partial charge >= 0.3 is 0 Å². The predicted octanol–water partition coefficient (Wildman–Crippen LogP) is 0.910. The van der Waals surface area contributed by atoms with Gasteiger partial charge in [0.25, 0.3) is 0 Å². The summed E-state index contributed by atoms with van der Waals surface area (Å²) in [5.74, 6) is 0.250. The number of hydrogen-bond acceptors (Lipinski definition) is 5. The Morgan fingerprint density at radius 2 is 2.44 bits per heavy atom. The van der Waals surface area contributed by atoms with Crippen LogP contribution in [-0.4, -0.2) is 27.7 Å². The van der Waals surface area contributed by atoms with Crippen LogP contribution in [0, 0.1) is 5.92 Å². The number of sulfonamides is 1. The molecule has 1 aliphatic heterocycles. The van der Waals surface area contributed by atoms with Gasteiger partial charge in [-0.25, -0.2) is 13.1 Å². The van der Waals surface area contributed by atoms with Crippen LogP contribution in [0.5, 0.6) is 0 Å². The Hall–Kier alpha value is -0.470. The van der Waals surface area contributed by atoms with Crippen molar-refractivity contribution < 1.29 is 13.2 Å². The third kappa shape index (κ3) is 2.92. The lowest BCUT2D eigenvalue weighted by atomic mass is 10.0. The molecule has 102 valence electrons. The third-order valence-corrected chi connectivity index (χ3v) is 5.91. The summed E-state index contributed by atoms with van der Waals surface area (Å²) in [6.45, 7) is 3.46. The van der Waals surface area contributed by atoms with Crippen molar-refractivity contribution in [3.8, 4) is 0 Å². The molecule has 0 amide bonds. The minimum absolute atomic E-state index is 0.122. The molecule has 7 heteroatoms. The highest BCUT2D eigenvalue weighted by Gasteiger charge is 2.28. The molecule has 1 aromatic rings. The van der Waals surface area contributed by atoms with E-state index in [0.717, 1.165) is 6.42 Å². The summed E-state index contributed by atoms with van der Waals surface area (Å²) in [7, 11) is -3.47. The quantitative estimate of drug-likeness (QED) is 0.844. The molecule has 1 fully saturated rings. The van der Waals surface area contributed by atoms with Crippen LogP contribution in [0.15, 0.2) is 16.3 Å². The first-order valence-electron chi connectivity index (χ1n) is 5.91. The Bertz CT molecular complexity index is 492. The molecule has 0 spiro atoms. The summed E-state index contributed by atoms with van der Waals surface area (Å²) >= 11 is 1.37. The van der Waals surface area contributed by atoms with Crippen LogP contribution >= 0.6 is 11.3 Å². The van der Waals surface area contributed by atoms with E-state index in [1.54, 1.807) is 11.4 Å². The van der Waals surface area contributed by atoms with Crippen molar-refractivity contribution in [2.45, 2.75) is 30.8 Å². The lowest BCUT2D eigenvalue weighted by Crippen LogP contribution is -2.38. The van der Waals surface area contributed by atoms with Gasteiger partial charge in [-0.2, -0.15) is 0 Å².